The highest BCUT2D eigenvalue weighted by Gasteiger charge is 2.22. The summed E-state index contributed by atoms with van der Waals surface area (Å²) in [6.45, 7) is 3.93. The molecule has 1 atom stereocenters. The van der Waals surface area contributed by atoms with Gasteiger partial charge in [0, 0.05) is 19.0 Å². The summed E-state index contributed by atoms with van der Waals surface area (Å²) in [5.41, 5.74) is 2.19. The fourth-order valence-electron chi connectivity index (χ4n) is 2.11. The predicted octanol–water partition coefficient (Wildman–Crippen LogP) is 1.95. The Morgan fingerprint density at radius 3 is 2.81 bits per heavy atom. The van der Waals surface area contributed by atoms with E-state index in [0.29, 0.717) is 12.3 Å². The molecule has 0 radical (unpaired) electrons. The van der Waals surface area contributed by atoms with Gasteiger partial charge in [0.05, 0.1) is 5.92 Å². The SMILES string of the molecule is CCC(C(=O)O)c1cccc(C2CNC2)c1. The van der Waals surface area contributed by atoms with E-state index in [2.05, 4.69) is 11.4 Å². The summed E-state index contributed by atoms with van der Waals surface area (Å²) < 4.78 is 0. The summed E-state index contributed by atoms with van der Waals surface area (Å²) in [6, 6.07) is 8.02. The van der Waals surface area contributed by atoms with Crippen molar-refractivity contribution in [2.75, 3.05) is 13.1 Å². The molecule has 3 heteroatoms. The fourth-order valence-corrected chi connectivity index (χ4v) is 2.11. The van der Waals surface area contributed by atoms with E-state index < -0.39 is 5.97 Å². The maximum absolute atomic E-state index is 11.1. The van der Waals surface area contributed by atoms with Gasteiger partial charge in [0.1, 0.15) is 0 Å². The zero-order valence-corrected chi connectivity index (χ0v) is 9.44. The number of aliphatic carboxylic acids is 1. The lowest BCUT2D eigenvalue weighted by Gasteiger charge is -2.28. The van der Waals surface area contributed by atoms with Gasteiger partial charge >= 0.3 is 5.97 Å². The Hall–Kier alpha value is -1.35. The Morgan fingerprint density at radius 1 is 1.56 bits per heavy atom. The normalized spacial score (nSPS) is 17.8. The molecule has 16 heavy (non-hydrogen) atoms. The van der Waals surface area contributed by atoms with E-state index in [0.717, 1.165) is 18.7 Å². The molecule has 1 heterocycles. The van der Waals surface area contributed by atoms with Crippen LogP contribution < -0.4 is 5.32 Å². The molecule has 0 amide bonds. The average Bonchev–Trinajstić information content (AvgIpc) is 2.16. The van der Waals surface area contributed by atoms with E-state index in [-0.39, 0.29) is 5.92 Å². The number of nitrogens with one attached hydrogen (secondary N) is 1. The topological polar surface area (TPSA) is 49.3 Å². The lowest BCUT2D eigenvalue weighted by molar-refractivity contribution is -0.138. The highest BCUT2D eigenvalue weighted by molar-refractivity contribution is 5.76. The third-order valence-corrected chi connectivity index (χ3v) is 3.27. The van der Waals surface area contributed by atoms with E-state index in [4.69, 9.17) is 5.11 Å². The molecular weight excluding hydrogens is 202 g/mol. The molecule has 1 saturated heterocycles. The van der Waals surface area contributed by atoms with Crippen LogP contribution in [0, 0.1) is 0 Å². The smallest absolute Gasteiger partial charge is 0.310 e. The second-order valence-corrected chi connectivity index (χ2v) is 4.32. The van der Waals surface area contributed by atoms with Crippen molar-refractivity contribution in [3.63, 3.8) is 0 Å². The number of benzene rings is 1. The number of carboxylic acids is 1. The molecule has 1 aliphatic rings. The van der Waals surface area contributed by atoms with E-state index in [1.807, 2.05) is 25.1 Å². The van der Waals surface area contributed by atoms with Crippen LogP contribution in [0.25, 0.3) is 0 Å². The third-order valence-electron chi connectivity index (χ3n) is 3.27. The van der Waals surface area contributed by atoms with Crippen LogP contribution in [0.1, 0.15) is 36.3 Å². The predicted molar refractivity (Wildman–Crippen MR) is 62.7 cm³/mol. The molecule has 0 spiro atoms. The second kappa shape index (κ2) is 4.66. The molecule has 3 nitrogen and oxygen atoms in total. The summed E-state index contributed by atoms with van der Waals surface area (Å²) in [7, 11) is 0. The monoisotopic (exact) mass is 219 g/mol. The molecule has 0 saturated carbocycles. The van der Waals surface area contributed by atoms with Crippen molar-refractivity contribution >= 4 is 5.97 Å². The van der Waals surface area contributed by atoms with Crippen molar-refractivity contribution in [3.05, 3.63) is 35.4 Å². The molecule has 1 aromatic carbocycles. The standard InChI is InChI=1S/C13H17NO2/c1-2-12(13(15)16)10-5-3-4-9(6-10)11-7-14-8-11/h3-6,11-12,14H,2,7-8H2,1H3,(H,15,16). The zero-order valence-electron chi connectivity index (χ0n) is 9.44. The Bertz CT molecular complexity index is 385. The van der Waals surface area contributed by atoms with Crippen molar-refractivity contribution in [2.45, 2.75) is 25.2 Å². The molecular formula is C13H17NO2. The first-order valence-electron chi connectivity index (χ1n) is 5.75. The van der Waals surface area contributed by atoms with E-state index in [1.165, 1.54) is 5.56 Å². The van der Waals surface area contributed by atoms with Crippen LogP contribution in [0.5, 0.6) is 0 Å². The molecule has 0 aliphatic carbocycles. The largest absolute Gasteiger partial charge is 0.481 e. The number of hydrogen-bond acceptors (Lipinski definition) is 2. The maximum atomic E-state index is 11.1. The van der Waals surface area contributed by atoms with Gasteiger partial charge in [-0.2, -0.15) is 0 Å². The molecule has 1 unspecified atom stereocenters. The first-order chi connectivity index (χ1) is 7.72. The van der Waals surface area contributed by atoms with Gasteiger partial charge in [0.15, 0.2) is 0 Å². The highest BCUT2D eigenvalue weighted by atomic mass is 16.4. The molecule has 2 rings (SSSR count). The van der Waals surface area contributed by atoms with Gasteiger partial charge in [-0.15, -0.1) is 0 Å². The summed E-state index contributed by atoms with van der Waals surface area (Å²) in [5.74, 6) is -0.536. The highest BCUT2D eigenvalue weighted by Crippen LogP contribution is 2.25. The van der Waals surface area contributed by atoms with Gasteiger partial charge < -0.3 is 10.4 Å². The van der Waals surface area contributed by atoms with Gasteiger partial charge in [-0.3, -0.25) is 4.79 Å². The lowest BCUT2D eigenvalue weighted by atomic mass is 9.89. The Kier molecular flexibility index (Phi) is 3.25. The van der Waals surface area contributed by atoms with E-state index in [1.54, 1.807) is 0 Å². The quantitative estimate of drug-likeness (QED) is 0.813. The first-order valence-corrected chi connectivity index (χ1v) is 5.75. The Balaban J connectivity index is 2.23. The second-order valence-electron chi connectivity index (χ2n) is 4.32. The van der Waals surface area contributed by atoms with Crippen molar-refractivity contribution in [3.8, 4) is 0 Å². The van der Waals surface area contributed by atoms with Gasteiger partial charge in [-0.25, -0.2) is 0 Å². The summed E-state index contributed by atoms with van der Waals surface area (Å²) in [4.78, 5) is 11.1. The summed E-state index contributed by atoms with van der Waals surface area (Å²) >= 11 is 0. The fraction of sp³-hybridized carbons (Fsp3) is 0.462. The molecule has 2 N–H and O–H groups in total. The number of hydrogen-bond donors (Lipinski definition) is 2. The maximum Gasteiger partial charge on any atom is 0.310 e. The molecule has 0 bridgehead atoms. The minimum atomic E-state index is -0.730. The average molecular weight is 219 g/mol. The minimum Gasteiger partial charge on any atom is -0.481 e. The van der Waals surface area contributed by atoms with E-state index >= 15 is 0 Å². The molecule has 1 fully saturated rings. The van der Waals surface area contributed by atoms with Crippen molar-refractivity contribution in [1.82, 2.24) is 5.32 Å². The number of carboxylic acid groups (broad SMARTS) is 1. The van der Waals surface area contributed by atoms with Crippen molar-refractivity contribution < 1.29 is 9.90 Å². The summed E-state index contributed by atoms with van der Waals surface area (Å²) in [5, 5.41) is 12.3. The van der Waals surface area contributed by atoms with Gasteiger partial charge in [0.2, 0.25) is 0 Å². The van der Waals surface area contributed by atoms with Crippen LogP contribution >= 0.6 is 0 Å². The Labute approximate surface area is 95.5 Å². The van der Waals surface area contributed by atoms with Gasteiger partial charge in [-0.1, -0.05) is 31.2 Å². The van der Waals surface area contributed by atoms with Crippen LogP contribution in [0.15, 0.2) is 24.3 Å². The molecule has 0 aromatic heterocycles. The molecule has 1 aromatic rings. The van der Waals surface area contributed by atoms with Crippen LogP contribution in [-0.2, 0) is 4.79 Å². The first kappa shape index (κ1) is 11.1. The van der Waals surface area contributed by atoms with E-state index in [9.17, 15) is 4.79 Å². The lowest BCUT2D eigenvalue weighted by Crippen LogP contribution is -2.39. The van der Waals surface area contributed by atoms with Crippen LogP contribution in [-0.4, -0.2) is 24.2 Å². The zero-order chi connectivity index (χ0) is 11.5. The van der Waals surface area contributed by atoms with Crippen LogP contribution in [0.2, 0.25) is 0 Å². The molecule has 1 aliphatic heterocycles. The van der Waals surface area contributed by atoms with Crippen molar-refractivity contribution in [2.24, 2.45) is 0 Å². The van der Waals surface area contributed by atoms with Crippen LogP contribution in [0.4, 0.5) is 0 Å². The van der Waals surface area contributed by atoms with Gasteiger partial charge in [0.25, 0.3) is 0 Å². The minimum absolute atomic E-state index is 0.368. The number of carbonyl (C=O) groups is 1. The van der Waals surface area contributed by atoms with Crippen LogP contribution in [0.3, 0.4) is 0 Å². The third kappa shape index (κ3) is 2.09. The number of rotatable bonds is 4. The van der Waals surface area contributed by atoms with Gasteiger partial charge in [-0.05, 0) is 17.5 Å². The molecule has 86 valence electrons. The summed E-state index contributed by atoms with van der Waals surface area (Å²) in [6.07, 6.45) is 0.641. The van der Waals surface area contributed by atoms with Crippen molar-refractivity contribution in [1.29, 1.82) is 0 Å². The Morgan fingerprint density at radius 2 is 2.31 bits per heavy atom.